The lowest BCUT2D eigenvalue weighted by Crippen LogP contribution is -2.14. The summed E-state index contributed by atoms with van der Waals surface area (Å²) in [4.78, 5) is 31.9. The standard InChI is InChI=1S/C22H23N5O2/c1-16(28)26-19-10-5-11-20(13-19)27-21(29)18-14-24-22(25-15-18)23-12-6-9-17-7-3-2-4-8-17/h2-5,7-8,10-11,13-15H,6,9,12H2,1H3,(H,26,28)(H,27,29)(H,23,24,25). The zero-order valence-electron chi connectivity index (χ0n) is 16.2. The minimum Gasteiger partial charge on any atom is -0.354 e. The number of aryl methyl sites for hydroxylation is 1. The van der Waals surface area contributed by atoms with Crippen molar-refractivity contribution in [2.45, 2.75) is 19.8 Å². The van der Waals surface area contributed by atoms with Crippen LogP contribution >= 0.6 is 0 Å². The second-order valence-corrected chi connectivity index (χ2v) is 6.53. The molecule has 0 radical (unpaired) electrons. The molecule has 3 rings (SSSR count). The highest BCUT2D eigenvalue weighted by Gasteiger charge is 2.08. The van der Waals surface area contributed by atoms with Gasteiger partial charge in [0.25, 0.3) is 5.91 Å². The van der Waals surface area contributed by atoms with Gasteiger partial charge in [0.05, 0.1) is 5.56 Å². The molecule has 0 aliphatic carbocycles. The molecule has 0 bridgehead atoms. The summed E-state index contributed by atoms with van der Waals surface area (Å²) in [6.45, 7) is 2.18. The van der Waals surface area contributed by atoms with Gasteiger partial charge >= 0.3 is 0 Å². The summed E-state index contributed by atoms with van der Waals surface area (Å²) >= 11 is 0. The van der Waals surface area contributed by atoms with E-state index in [9.17, 15) is 9.59 Å². The van der Waals surface area contributed by atoms with Crippen LogP contribution in [0.1, 0.15) is 29.3 Å². The van der Waals surface area contributed by atoms with Crippen LogP contribution < -0.4 is 16.0 Å². The third kappa shape index (κ3) is 6.42. The number of anilines is 3. The normalized spacial score (nSPS) is 10.2. The Bertz CT molecular complexity index is 958. The minimum atomic E-state index is -0.319. The lowest BCUT2D eigenvalue weighted by molar-refractivity contribution is -0.114. The second-order valence-electron chi connectivity index (χ2n) is 6.53. The molecular formula is C22H23N5O2. The van der Waals surface area contributed by atoms with Gasteiger partial charge in [-0.1, -0.05) is 36.4 Å². The minimum absolute atomic E-state index is 0.172. The van der Waals surface area contributed by atoms with Crippen LogP contribution in [0.3, 0.4) is 0 Å². The Labute approximate surface area is 169 Å². The molecule has 29 heavy (non-hydrogen) atoms. The van der Waals surface area contributed by atoms with Crippen LogP contribution in [0.5, 0.6) is 0 Å². The van der Waals surface area contributed by atoms with Crippen LogP contribution in [0.15, 0.2) is 67.0 Å². The van der Waals surface area contributed by atoms with E-state index in [1.54, 1.807) is 24.3 Å². The van der Waals surface area contributed by atoms with E-state index in [1.165, 1.54) is 24.9 Å². The summed E-state index contributed by atoms with van der Waals surface area (Å²) in [5.74, 6) is -0.00314. The highest BCUT2D eigenvalue weighted by molar-refractivity contribution is 6.04. The highest BCUT2D eigenvalue weighted by Crippen LogP contribution is 2.16. The molecule has 2 amide bonds. The first kappa shape index (κ1) is 20.0. The quantitative estimate of drug-likeness (QED) is 0.510. The molecule has 0 atom stereocenters. The Morgan fingerprint density at radius 3 is 2.28 bits per heavy atom. The van der Waals surface area contributed by atoms with Crippen molar-refractivity contribution in [2.75, 3.05) is 22.5 Å². The predicted octanol–water partition coefficient (Wildman–Crippen LogP) is 3.73. The molecule has 7 nitrogen and oxygen atoms in total. The van der Waals surface area contributed by atoms with Crippen LogP contribution in [0, 0.1) is 0 Å². The maximum Gasteiger partial charge on any atom is 0.258 e. The maximum absolute atomic E-state index is 12.4. The zero-order valence-corrected chi connectivity index (χ0v) is 16.2. The van der Waals surface area contributed by atoms with Crippen molar-refractivity contribution in [3.05, 3.63) is 78.1 Å². The number of nitrogens with one attached hydrogen (secondary N) is 3. The fourth-order valence-corrected chi connectivity index (χ4v) is 2.76. The third-order valence-corrected chi connectivity index (χ3v) is 4.12. The van der Waals surface area contributed by atoms with Crippen molar-refractivity contribution in [1.29, 1.82) is 0 Å². The summed E-state index contributed by atoms with van der Waals surface area (Å²) in [6, 6.07) is 17.2. The number of rotatable bonds is 8. The van der Waals surface area contributed by atoms with Gasteiger partial charge in [-0.3, -0.25) is 9.59 Å². The van der Waals surface area contributed by atoms with Crippen molar-refractivity contribution in [2.24, 2.45) is 0 Å². The van der Waals surface area contributed by atoms with Gasteiger partial charge in [-0.25, -0.2) is 9.97 Å². The number of nitrogens with zero attached hydrogens (tertiary/aromatic N) is 2. The number of hydrogen-bond donors (Lipinski definition) is 3. The van der Waals surface area contributed by atoms with Gasteiger partial charge < -0.3 is 16.0 Å². The summed E-state index contributed by atoms with van der Waals surface area (Å²) in [5.41, 5.74) is 2.83. The van der Waals surface area contributed by atoms with E-state index in [4.69, 9.17) is 0 Å². The molecule has 3 aromatic rings. The van der Waals surface area contributed by atoms with Gasteiger partial charge in [-0.2, -0.15) is 0 Å². The molecular weight excluding hydrogens is 366 g/mol. The van der Waals surface area contributed by atoms with E-state index < -0.39 is 0 Å². The van der Waals surface area contributed by atoms with Crippen LogP contribution in [0.2, 0.25) is 0 Å². The lowest BCUT2D eigenvalue weighted by Gasteiger charge is -2.08. The molecule has 0 aliphatic rings. The van der Waals surface area contributed by atoms with Gasteiger partial charge in [0.2, 0.25) is 11.9 Å². The Morgan fingerprint density at radius 2 is 1.59 bits per heavy atom. The monoisotopic (exact) mass is 389 g/mol. The van der Waals surface area contributed by atoms with E-state index in [0.717, 1.165) is 19.4 Å². The Kier molecular flexibility index (Phi) is 6.89. The van der Waals surface area contributed by atoms with E-state index >= 15 is 0 Å². The molecule has 2 aromatic carbocycles. The largest absolute Gasteiger partial charge is 0.354 e. The molecule has 0 aliphatic heterocycles. The highest BCUT2D eigenvalue weighted by atomic mass is 16.2. The van der Waals surface area contributed by atoms with Crippen LogP contribution in [0.4, 0.5) is 17.3 Å². The van der Waals surface area contributed by atoms with Crippen LogP contribution in [0.25, 0.3) is 0 Å². The molecule has 3 N–H and O–H groups in total. The van der Waals surface area contributed by atoms with Crippen molar-refractivity contribution in [1.82, 2.24) is 9.97 Å². The van der Waals surface area contributed by atoms with Gasteiger partial charge in [-0.15, -0.1) is 0 Å². The van der Waals surface area contributed by atoms with Crippen LogP contribution in [-0.2, 0) is 11.2 Å². The average Bonchev–Trinajstić information content (AvgIpc) is 2.72. The number of carbonyl (C=O) groups excluding carboxylic acids is 2. The summed E-state index contributed by atoms with van der Waals surface area (Å²) < 4.78 is 0. The maximum atomic E-state index is 12.4. The second kappa shape index (κ2) is 9.98. The number of aromatic nitrogens is 2. The van der Waals surface area contributed by atoms with Crippen molar-refractivity contribution in [3.63, 3.8) is 0 Å². The summed E-state index contributed by atoms with van der Waals surface area (Å²) in [7, 11) is 0. The Hall–Kier alpha value is -3.74. The first-order valence-corrected chi connectivity index (χ1v) is 9.39. The van der Waals surface area contributed by atoms with Crippen molar-refractivity contribution >= 4 is 29.1 Å². The fraction of sp³-hybridized carbons (Fsp3) is 0.182. The topological polar surface area (TPSA) is 96.0 Å². The smallest absolute Gasteiger partial charge is 0.258 e. The lowest BCUT2D eigenvalue weighted by atomic mass is 10.1. The Morgan fingerprint density at radius 1 is 0.897 bits per heavy atom. The third-order valence-electron chi connectivity index (χ3n) is 4.12. The van der Waals surface area contributed by atoms with E-state index in [-0.39, 0.29) is 11.8 Å². The molecule has 0 unspecified atom stereocenters. The predicted molar refractivity (Wildman–Crippen MR) is 114 cm³/mol. The summed E-state index contributed by atoms with van der Waals surface area (Å²) in [6.07, 6.45) is 4.91. The zero-order chi connectivity index (χ0) is 20.5. The van der Waals surface area contributed by atoms with Gasteiger partial charge in [-0.05, 0) is 36.6 Å². The molecule has 0 saturated carbocycles. The number of carbonyl (C=O) groups is 2. The number of benzene rings is 2. The molecule has 1 heterocycles. The molecule has 0 fully saturated rings. The molecule has 0 spiro atoms. The average molecular weight is 389 g/mol. The van der Waals surface area contributed by atoms with E-state index in [2.05, 4.69) is 38.1 Å². The molecule has 7 heteroatoms. The number of amides is 2. The van der Waals surface area contributed by atoms with Gasteiger partial charge in [0, 0.05) is 37.2 Å². The van der Waals surface area contributed by atoms with Crippen molar-refractivity contribution in [3.8, 4) is 0 Å². The van der Waals surface area contributed by atoms with Crippen LogP contribution in [-0.4, -0.2) is 28.3 Å². The molecule has 148 valence electrons. The first-order chi connectivity index (χ1) is 14.1. The Balaban J connectivity index is 1.49. The van der Waals surface area contributed by atoms with E-state index in [0.29, 0.717) is 22.9 Å². The van der Waals surface area contributed by atoms with E-state index in [1.807, 2.05) is 18.2 Å². The SMILES string of the molecule is CC(=O)Nc1cccc(NC(=O)c2cnc(NCCCc3ccccc3)nc2)c1. The van der Waals surface area contributed by atoms with Gasteiger partial charge in [0.15, 0.2) is 0 Å². The molecule has 1 aromatic heterocycles. The summed E-state index contributed by atoms with van der Waals surface area (Å²) in [5, 5.41) is 8.61. The first-order valence-electron chi connectivity index (χ1n) is 9.39. The van der Waals surface area contributed by atoms with Crippen molar-refractivity contribution < 1.29 is 9.59 Å². The van der Waals surface area contributed by atoms with Gasteiger partial charge in [0.1, 0.15) is 0 Å². The number of hydrogen-bond acceptors (Lipinski definition) is 5. The molecule has 0 saturated heterocycles. The fourth-order valence-electron chi connectivity index (χ4n) is 2.76.